The van der Waals surface area contributed by atoms with Gasteiger partial charge in [0.1, 0.15) is 0 Å². The molecule has 2 atom stereocenters. The molecule has 0 aromatic heterocycles. The van der Waals surface area contributed by atoms with Gasteiger partial charge in [-0.15, -0.1) is 0 Å². The van der Waals surface area contributed by atoms with Gasteiger partial charge in [0.25, 0.3) is 0 Å². The number of hydrogen-bond donors (Lipinski definition) is 0. The minimum atomic E-state index is -0.145. The van der Waals surface area contributed by atoms with E-state index in [0.29, 0.717) is 13.2 Å². The van der Waals surface area contributed by atoms with E-state index in [0.717, 1.165) is 13.1 Å². The van der Waals surface area contributed by atoms with E-state index in [9.17, 15) is 4.79 Å². The number of nitrogens with zero attached hydrogens (tertiary/aromatic N) is 1. The Morgan fingerprint density at radius 2 is 2.00 bits per heavy atom. The molecule has 0 aromatic rings. The molecule has 0 aromatic carbocycles. The molecule has 1 saturated heterocycles. The van der Waals surface area contributed by atoms with Gasteiger partial charge in [-0.2, -0.15) is 0 Å². The average molecular weight is 201 g/mol. The molecule has 4 heteroatoms. The summed E-state index contributed by atoms with van der Waals surface area (Å²) in [6.45, 7) is 8.32. The molecular weight excluding hydrogens is 182 g/mol. The summed E-state index contributed by atoms with van der Waals surface area (Å²) >= 11 is 0. The first-order chi connectivity index (χ1) is 6.61. The Labute approximate surface area is 85.2 Å². The molecule has 1 aliphatic rings. The fourth-order valence-corrected chi connectivity index (χ4v) is 1.80. The average Bonchev–Trinajstić information content (AvgIpc) is 2.01. The van der Waals surface area contributed by atoms with E-state index in [4.69, 9.17) is 9.47 Å². The number of esters is 1. The van der Waals surface area contributed by atoms with Crippen molar-refractivity contribution >= 4 is 5.97 Å². The van der Waals surface area contributed by atoms with Gasteiger partial charge in [0.2, 0.25) is 0 Å². The number of rotatable bonds is 3. The second kappa shape index (κ2) is 5.32. The molecule has 14 heavy (non-hydrogen) atoms. The van der Waals surface area contributed by atoms with Crippen molar-refractivity contribution in [1.82, 2.24) is 4.90 Å². The number of carbonyl (C=O) groups excluding carboxylic acids is 1. The molecule has 0 radical (unpaired) electrons. The maximum Gasteiger partial charge on any atom is 0.320 e. The fourth-order valence-electron chi connectivity index (χ4n) is 1.80. The van der Waals surface area contributed by atoms with Crippen molar-refractivity contribution in [3.63, 3.8) is 0 Å². The predicted molar refractivity (Wildman–Crippen MR) is 53.1 cm³/mol. The minimum absolute atomic E-state index is 0.145. The Morgan fingerprint density at radius 3 is 2.50 bits per heavy atom. The van der Waals surface area contributed by atoms with Gasteiger partial charge in [0.05, 0.1) is 25.4 Å². The summed E-state index contributed by atoms with van der Waals surface area (Å²) in [6.07, 6.45) is 0.404. The van der Waals surface area contributed by atoms with Gasteiger partial charge in [-0.05, 0) is 20.8 Å². The van der Waals surface area contributed by atoms with Crippen LogP contribution in [0.5, 0.6) is 0 Å². The smallest absolute Gasteiger partial charge is 0.320 e. The first-order valence-corrected chi connectivity index (χ1v) is 5.15. The van der Waals surface area contributed by atoms with Crippen molar-refractivity contribution < 1.29 is 14.3 Å². The van der Waals surface area contributed by atoms with E-state index in [1.54, 1.807) is 0 Å². The van der Waals surface area contributed by atoms with Gasteiger partial charge in [0, 0.05) is 13.1 Å². The minimum Gasteiger partial charge on any atom is -0.465 e. The lowest BCUT2D eigenvalue weighted by atomic mass is 10.2. The molecule has 1 heterocycles. The van der Waals surface area contributed by atoms with Crippen molar-refractivity contribution in [2.75, 3.05) is 26.2 Å². The third-order valence-corrected chi connectivity index (χ3v) is 2.15. The van der Waals surface area contributed by atoms with Gasteiger partial charge in [-0.1, -0.05) is 0 Å². The van der Waals surface area contributed by atoms with Crippen molar-refractivity contribution in [1.29, 1.82) is 0 Å². The summed E-state index contributed by atoms with van der Waals surface area (Å²) in [7, 11) is 0. The molecule has 0 N–H and O–H groups in total. The van der Waals surface area contributed by atoms with E-state index in [2.05, 4.69) is 4.90 Å². The standard InChI is InChI=1S/C10H19NO3/c1-4-13-10(12)7-11-5-8(2)14-9(3)6-11/h8-9H,4-7H2,1-3H3/t8-,9+. The van der Waals surface area contributed by atoms with Crippen molar-refractivity contribution in [3.05, 3.63) is 0 Å². The lowest BCUT2D eigenvalue weighted by molar-refractivity contribution is -0.147. The summed E-state index contributed by atoms with van der Waals surface area (Å²) in [5.74, 6) is -0.145. The lowest BCUT2D eigenvalue weighted by Crippen LogP contribution is -2.47. The number of ether oxygens (including phenoxy) is 2. The number of hydrogen-bond acceptors (Lipinski definition) is 4. The van der Waals surface area contributed by atoms with Crippen molar-refractivity contribution in [3.8, 4) is 0 Å². The molecule has 4 nitrogen and oxygen atoms in total. The molecule has 0 spiro atoms. The van der Waals surface area contributed by atoms with Crippen LogP contribution in [0.2, 0.25) is 0 Å². The van der Waals surface area contributed by atoms with Crippen LogP contribution in [0.4, 0.5) is 0 Å². The molecular formula is C10H19NO3. The number of carbonyl (C=O) groups is 1. The maximum atomic E-state index is 11.2. The van der Waals surface area contributed by atoms with Crippen LogP contribution in [-0.2, 0) is 14.3 Å². The van der Waals surface area contributed by atoms with E-state index in [1.807, 2.05) is 20.8 Å². The van der Waals surface area contributed by atoms with Crippen LogP contribution >= 0.6 is 0 Å². The molecule has 0 amide bonds. The second-order valence-electron chi connectivity index (χ2n) is 3.76. The van der Waals surface area contributed by atoms with Gasteiger partial charge < -0.3 is 9.47 Å². The Hall–Kier alpha value is -0.610. The largest absolute Gasteiger partial charge is 0.465 e. The van der Waals surface area contributed by atoms with E-state index >= 15 is 0 Å². The quantitative estimate of drug-likeness (QED) is 0.629. The third kappa shape index (κ3) is 3.64. The first-order valence-electron chi connectivity index (χ1n) is 5.15. The van der Waals surface area contributed by atoms with Crippen molar-refractivity contribution in [2.45, 2.75) is 33.0 Å². The summed E-state index contributed by atoms with van der Waals surface area (Å²) < 4.78 is 10.5. The monoisotopic (exact) mass is 201 g/mol. The molecule has 0 bridgehead atoms. The molecule has 1 aliphatic heterocycles. The topological polar surface area (TPSA) is 38.8 Å². The summed E-state index contributed by atoms with van der Waals surface area (Å²) in [5.41, 5.74) is 0. The van der Waals surface area contributed by atoms with Crippen LogP contribution < -0.4 is 0 Å². The summed E-state index contributed by atoms with van der Waals surface area (Å²) in [5, 5.41) is 0. The Balaban J connectivity index is 2.33. The Kier molecular flexibility index (Phi) is 4.35. The molecule has 0 unspecified atom stereocenters. The highest BCUT2D eigenvalue weighted by molar-refractivity contribution is 5.71. The van der Waals surface area contributed by atoms with Gasteiger partial charge in [-0.25, -0.2) is 0 Å². The van der Waals surface area contributed by atoms with E-state index in [-0.39, 0.29) is 18.2 Å². The van der Waals surface area contributed by atoms with E-state index in [1.165, 1.54) is 0 Å². The Bertz CT molecular complexity index is 186. The molecule has 0 saturated carbocycles. The van der Waals surface area contributed by atoms with Gasteiger partial charge in [-0.3, -0.25) is 9.69 Å². The molecule has 1 fully saturated rings. The van der Waals surface area contributed by atoms with Crippen LogP contribution in [0.1, 0.15) is 20.8 Å². The Morgan fingerprint density at radius 1 is 1.43 bits per heavy atom. The van der Waals surface area contributed by atoms with Crippen LogP contribution in [0, 0.1) is 0 Å². The highest BCUT2D eigenvalue weighted by atomic mass is 16.5. The predicted octanol–water partition coefficient (Wildman–Crippen LogP) is 0.659. The van der Waals surface area contributed by atoms with Crippen LogP contribution in [0.25, 0.3) is 0 Å². The number of morpholine rings is 1. The molecule has 82 valence electrons. The highest BCUT2D eigenvalue weighted by Gasteiger charge is 2.23. The zero-order chi connectivity index (χ0) is 10.6. The van der Waals surface area contributed by atoms with E-state index < -0.39 is 0 Å². The maximum absolute atomic E-state index is 11.2. The molecule has 1 rings (SSSR count). The zero-order valence-corrected chi connectivity index (χ0v) is 9.16. The zero-order valence-electron chi connectivity index (χ0n) is 9.16. The van der Waals surface area contributed by atoms with Gasteiger partial charge >= 0.3 is 5.97 Å². The normalized spacial score (nSPS) is 28.8. The SMILES string of the molecule is CCOC(=O)CN1C[C@@H](C)O[C@@H](C)C1. The highest BCUT2D eigenvalue weighted by Crippen LogP contribution is 2.09. The third-order valence-electron chi connectivity index (χ3n) is 2.15. The van der Waals surface area contributed by atoms with Crippen molar-refractivity contribution in [2.24, 2.45) is 0 Å². The summed E-state index contributed by atoms with van der Waals surface area (Å²) in [6, 6.07) is 0. The second-order valence-corrected chi connectivity index (χ2v) is 3.76. The van der Waals surface area contributed by atoms with Crippen LogP contribution in [-0.4, -0.2) is 49.3 Å². The van der Waals surface area contributed by atoms with Gasteiger partial charge in [0.15, 0.2) is 0 Å². The first kappa shape index (κ1) is 11.5. The van der Waals surface area contributed by atoms with Crippen LogP contribution in [0.3, 0.4) is 0 Å². The summed E-state index contributed by atoms with van der Waals surface area (Å²) in [4.78, 5) is 13.3. The fraction of sp³-hybridized carbons (Fsp3) is 0.900. The molecule has 0 aliphatic carbocycles. The van der Waals surface area contributed by atoms with Crippen LogP contribution in [0.15, 0.2) is 0 Å². The lowest BCUT2D eigenvalue weighted by Gasteiger charge is -2.34.